The molecule has 0 saturated heterocycles. The summed E-state index contributed by atoms with van der Waals surface area (Å²) in [6.45, 7) is 1.06. The van der Waals surface area contributed by atoms with Crippen LogP contribution in [0.25, 0.3) is 0 Å². The molecule has 0 aliphatic rings. The van der Waals surface area contributed by atoms with Gasteiger partial charge in [-0.2, -0.15) is 5.10 Å². The van der Waals surface area contributed by atoms with Crippen molar-refractivity contribution in [3.05, 3.63) is 18.0 Å². The summed E-state index contributed by atoms with van der Waals surface area (Å²) in [5, 5.41) is 4.12. The number of nitrogens with zero attached hydrogens (tertiary/aromatic N) is 3. The molecule has 5 heteroatoms. The second-order valence-electron chi connectivity index (χ2n) is 3.06. The van der Waals surface area contributed by atoms with Gasteiger partial charge in [-0.3, -0.25) is 4.68 Å². The Balaban J connectivity index is 2.20. The molecule has 1 aromatic rings. The van der Waals surface area contributed by atoms with Crippen LogP contribution in [0.2, 0.25) is 0 Å². The van der Waals surface area contributed by atoms with E-state index in [1.807, 2.05) is 25.0 Å². The molecule has 0 aromatic carbocycles. The van der Waals surface area contributed by atoms with Gasteiger partial charge in [-0.25, -0.2) is 4.31 Å². The van der Waals surface area contributed by atoms with E-state index >= 15 is 0 Å². The quantitative estimate of drug-likeness (QED) is 0.461. The first-order valence-electron chi connectivity index (χ1n) is 4.22. The van der Waals surface area contributed by atoms with Crippen LogP contribution >= 0.6 is 22.6 Å². The van der Waals surface area contributed by atoms with Crippen LogP contribution in [-0.4, -0.2) is 27.7 Å². The van der Waals surface area contributed by atoms with E-state index in [0.717, 1.165) is 19.4 Å². The van der Waals surface area contributed by atoms with Gasteiger partial charge in [0.25, 0.3) is 0 Å². The highest BCUT2D eigenvalue weighted by atomic mass is 33.1. The van der Waals surface area contributed by atoms with Crippen molar-refractivity contribution in [2.75, 3.05) is 13.6 Å². The molecular weight excluding hydrogens is 202 g/mol. The number of aromatic nitrogens is 2. The summed E-state index contributed by atoms with van der Waals surface area (Å²) in [6, 6.07) is 0. The van der Waals surface area contributed by atoms with Crippen LogP contribution in [0.15, 0.2) is 12.4 Å². The summed E-state index contributed by atoms with van der Waals surface area (Å²) in [7, 11) is 5.46. The molecule has 0 N–H and O–H groups in total. The summed E-state index contributed by atoms with van der Waals surface area (Å²) in [4.78, 5) is 0. The molecule has 0 fully saturated rings. The summed E-state index contributed by atoms with van der Waals surface area (Å²) in [5.41, 5.74) is 1.31. The molecule has 0 saturated carbocycles. The smallest absolute Gasteiger partial charge is 0.0521 e. The second kappa shape index (κ2) is 5.57. The predicted molar refractivity (Wildman–Crippen MR) is 60.7 cm³/mol. The topological polar surface area (TPSA) is 21.1 Å². The number of hydrogen-bond donors (Lipinski definition) is 1. The SMILES string of the molecule is CN(CCCc1cnn(C)c1)SS. The van der Waals surface area contributed by atoms with Crippen molar-refractivity contribution in [3.63, 3.8) is 0 Å². The maximum atomic E-state index is 4.12. The molecule has 0 spiro atoms. The fourth-order valence-electron chi connectivity index (χ4n) is 1.15. The van der Waals surface area contributed by atoms with Crippen molar-refractivity contribution in [1.82, 2.24) is 14.1 Å². The van der Waals surface area contributed by atoms with Crippen LogP contribution in [-0.2, 0) is 13.5 Å². The number of aryl methyl sites for hydroxylation is 2. The van der Waals surface area contributed by atoms with Gasteiger partial charge in [-0.05, 0) is 36.4 Å². The van der Waals surface area contributed by atoms with Gasteiger partial charge in [0.2, 0.25) is 0 Å². The van der Waals surface area contributed by atoms with Crippen molar-refractivity contribution in [2.24, 2.45) is 7.05 Å². The second-order valence-corrected chi connectivity index (χ2v) is 4.34. The molecule has 0 aliphatic carbocycles. The summed E-state index contributed by atoms with van der Waals surface area (Å²) in [6.07, 6.45) is 6.23. The van der Waals surface area contributed by atoms with E-state index in [2.05, 4.69) is 27.3 Å². The van der Waals surface area contributed by atoms with Crippen LogP contribution in [0.1, 0.15) is 12.0 Å². The van der Waals surface area contributed by atoms with Gasteiger partial charge in [0, 0.05) is 19.8 Å². The van der Waals surface area contributed by atoms with Gasteiger partial charge >= 0.3 is 0 Å². The Bertz CT molecular complexity index is 249. The summed E-state index contributed by atoms with van der Waals surface area (Å²) in [5.74, 6) is 0. The highest BCUT2D eigenvalue weighted by molar-refractivity contribution is 8.67. The fraction of sp³-hybridized carbons (Fsp3) is 0.625. The lowest BCUT2D eigenvalue weighted by Gasteiger charge is -2.10. The standard InChI is InChI=1S/C8H15N3S2/c1-10-7-8(6-9-10)4-3-5-11(2)13-12/h6-7,12H,3-5H2,1-2H3. The number of hydrogen-bond acceptors (Lipinski definition) is 4. The van der Waals surface area contributed by atoms with E-state index in [4.69, 9.17) is 0 Å². The first-order valence-corrected chi connectivity index (χ1v) is 6.05. The minimum atomic E-state index is 1.06. The van der Waals surface area contributed by atoms with Crippen molar-refractivity contribution >= 4 is 22.6 Å². The van der Waals surface area contributed by atoms with Gasteiger partial charge in [0.1, 0.15) is 0 Å². The molecule has 1 heterocycles. The number of rotatable bonds is 5. The molecule has 0 bridgehead atoms. The normalized spacial score (nSPS) is 11.1. The van der Waals surface area contributed by atoms with Crippen LogP contribution < -0.4 is 0 Å². The Morgan fingerprint density at radius 3 is 3.00 bits per heavy atom. The zero-order chi connectivity index (χ0) is 9.68. The van der Waals surface area contributed by atoms with Crippen LogP contribution in [0.5, 0.6) is 0 Å². The first-order chi connectivity index (χ1) is 6.22. The maximum absolute atomic E-state index is 4.12. The fourth-order valence-corrected chi connectivity index (χ4v) is 1.60. The van der Waals surface area contributed by atoms with Gasteiger partial charge in [0.05, 0.1) is 6.20 Å². The summed E-state index contributed by atoms with van der Waals surface area (Å²) >= 11 is 4.11. The molecule has 0 aliphatic heterocycles. The molecule has 0 radical (unpaired) electrons. The zero-order valence-corrected chi connectivity index (χ0v) is 9.68. The lowest BCUT2D eigenvalue weighted by molar-refractivity contribution is 0.547. The molecule has 0 amide bonds. The van der Waals surface area contributed by atoms with Gasteiger partial charge < -0.3 is 0 Å². The molecule has 0 atom stereocenters. The largest absolute Gasteiger partial charge is 0.276 e. The van der Waals surface area contributed by atoms with Crippen LogP contribution in [0, 0.1) is 0 Å². The Morgan fingerprint density at radius 1 is 1.69 bits per heavy atom. The van der Waals surface area contributed by atoms with Crippen molar-refractivity contribution in [1.29, 1.82) is 0 Å². The van der Waals surface area contributed by atoms with E-state index < -0.39 is 0 Å². The third kappa shape index (κ3) is 4.06. The van der Waals surface area contributed by atoms with Gasteiger partial charge in [-0.1, -0.05) is 11.7 Å². The lowest BCUT2D eigenvalue weighted by atomic mass is 10.2. The average Bonchev–Trinajstić information content (AvgIpc) is 2.51. The highest BCUT2D eigenvalue weighted by Gasteiger charge is 1.98. The zero-order valence-electron chi connectivity index (χ0n) is 7.97. The minimum Gasteiger partial charge on any atom is -0.276 e. The minimum absolute atomic E-state index is 1.06. The Hall–Kier alpha value is -0.130. The molecule has 1 rings (SSSR count). The monoisotopic (exact) mass is 217 g/mol. The predicted octanol–water partition coefficient (Wildman–Crippen LogP) is 1.78. The van der Waals surface area contributed by atoms with E-state index in [1.54, 1.807) is 0 Å². The van der Waals surface area contributed by atoms with Gasteiger partial charge in [0.15, 0.2) is 0 Å². The Kier molecular flexibility index (Phi) is 4.69. The van der Waals surface area contributed by atoms with Gasteiger partial charge in [-0.15, -0.1) is 0 Å². The third-order valence-electron chi connectivity index (χ3n) is 1.84. The molecule has 3 nitrogen and oxygen atoms in total. The third-order valence-corrected chi connectivity index (χ3v) is 3.13. The van der Waals surface area contributed by atoms with E-state index in [0.29, 0.717) is 0 Å². The van der Waals surface area contributed by atoms with Crippen LogP contribution in [0.4, 0.5) is 0 Å². The van der Waals surface area contributed by atoms with Crippen molar-refractivity contribution in [2.45, 2.75) is 12.8 Å². The molecular formula is C8H15N3S2. The maximum Gasteiger partial charge on any atom is 0.0521 e. The molecule has 0 unspecified atom stereocenters. The molecule has 13 heavy (non-hydrogen) atoms. The van der Waals surface area contributed by atoms with Crippen molar-refractivity contribution < 1.29 is 0 Å². The first kappa shape index (κ1) is 10.9. The number of thiol groups is 1. The average molecular weight is 217 g/mol. The molecule has 74 valence electrons. The van der Waals surface area contributed by atoms with E-state index in [1.165, 1.54) is 16.5 Å². The molecule has 1 aromatic heterocycles. The van der Waals surface area contributed by atoms with E-state index in [-0.39, 0.29) is 0 Å². The lowest BCUT2D eigenvalue weighted by Crippen LogP contribution is -2.09. The summed E-state index contributed by atoms with van der Waals surface area (Å²) < 4.78 is 3.95. The van der Waals surface area contributed by atoms with E-state index in [9.17, 15) is 0 Å². The Labute approximate surface area is 88.4 Å². The Morgan fingerprint density at radius 2 is 2.46 bits per heavy atom. The van der Waals surface area contributed by atoms with Crippen molar-refractivity contribution in [3.8, 4) is 0 Å². The van der Waals surface area contributed by atoms with Crippen LogP contribution in [0.3, 0.4) is 0 Å². The highest BCUT2D eigenvalue weighted by Crippen LogP contribution is 2.11.